The van der Waals surface area contributed by atoms with Gasteiger partial charge in [-0.3, -0.25) is 4.79 Å². The molecule has 20 heavy (non-hydrogen) atoms. The maximum atomic E-state index is 10.3. The van der Waals surface area contributed by atoms with E-state index in [2.05, 4.69) is 18.2 Å². The van der Waals surface area contributed by atoms with Crippen molar-refractivity contribution in [1.82, 2.24) is 0 Å². The zero-order chi connectivity index (χ0) is 14.8. The second-order valence-corrected chi connectivity index (χ2v) is 4.26. The minimum absolute atomic E-state index is 0.105. The highest BCUT2D eigenvalue weighted by Gasteiger charge is 1.97. The number of fused-ring (bicyclic) bond motifs is 1. The summed E-state index contributed by atoms with van der Waals surface area (Å²) >= 11 is 0. The number of esters is 1. The van der Waals surface area contributed by atoms with Crippen molar-refractivity contribution >= 4 is 16.7 Å². The van der Waals surface area contributed by atoms with E-state index in [0.29, 0.717) is 13.0 Å². The Labute approximate surface area is 120 Å². The van der Waals surface area contributed by atoms with E-state index < -0.39 is 0 Å². The standard InChI is InChI=1S/C11H10O.C6H12O2/c1-12-11-8-4-6-9-5-2-3-7-10(9)11;1-3-5-8-6(7)4-2/h2-8H,1H3;3-5H2,1-2H3. The average Bonchev–Trinajstić information content (AvgIpc) is 2.52. The van der Waals surface area contributed by atoms with E-state index in [1.807, 2.05) is 31.2 Å². The number of carbonyl (C=O) groups is 1. The Kier molecular flexibility index (Phi) is 7.18. The molecule has 0 aliphatic heterocycles. The first-order chi connectivity index (χ1) is 9.72. The van der Waals surface area contributed by atoms with Crippen molar-refractivity contribution in [2.24, 2.45) is 0 Å². The second-order valence-electron chi connectivity index (χ2n) is 4.26. The molecule has 0 saturated carbocycles. The molecule has 0 spiro atoms. The first kappa shape index (κ1) is 16.0. The maximum Gasteiger partial charge on any atom is 0.305 e. The summed E-state index contributed by atoms with van der Waals surface area (Å²) in [4.78, 5) is 10.3. The Morgan fingerprint density at radius 3 is 2.40 bits per heavy atom. The zero-order valence-corrected chi connectivity index (χ0v) is 12.4. The highest BCUT2D eigenvalue weighted by Crippen LogP contribution is 2.24. The van der Waals surface area contributed by atoms with Gasteiger partial charge in [-0.2, -0.15) is 0 Å². The maximum absolute atomic E-state index is 10.3. The van der Waals surface area contributed by atoms with Gasteiger partial charge in [-0.05, 0) is 17.9 Å². The molecule has 3 nitrogen and oxygen atoms in total. The Morgan fingerprint density at radius 2 is 1.75 bits per heavy atom. The van der Waals surface area contributed by atoms with Crippen LogP contribution in [-0.2, 0) is 9.53 Å². The summed E-state index contributed by atoms with van der Waals surface area (Å²) in [5.41, 5.74) is 0. The topological polar surface area (TPSA) is 35.5 Å². The van der Waals surface area contributed by atoms with Gasteiger partial charge in [0.05, 0.1) is 13.7 Å². The van der Waals surface area contributed by atoms with Crippen LogP contribution < -0.4 is 4.74 Å². The Hall–Kier alpha value is -2.03. The molecular weight excluding hydrogens is 252 g/mol. The summed E-state index contributed by atoms with van der Waals surface area (Å²) in [5.74, 6) is 0.833. The molecule has 2 aromatic rings. The van der Waals surface area contributed by atoms with Gasteiger partial charge in [0.25, 0.3) is 0 Å². The van der Waals surface area contributed by atoms with Crippen LogP contribution in [0, 0.1) is 0 Å². The summed E-state index contributed by atoms with van der Waals surface area (Å²) in [7, 11) is 1.70. The van der Waals surface area contributed by atoms with E-state index in [4.69, 9.17) is 9.47 Å². The molecule has 0 atom stereocenters. The molecule has 0 aromatic heterocycles. The summed E-state index contributed by atoms with van der Waals surface area (Å²) < 4.78 is 9.93. The molecule has 0 saturated heterocycles. The summed E-state index contributed by atoms with van der Waals surface area (Å²) in [5, 5.41) is 2.39. The lowest BCUT2D eigenvalue weighted by Crippen LogP contribution is -2.02. The van der Waals surface area contributed by atoms with E-state index in [1.54, 1.807) is 14.0 Å². The Balaban J connectivity index is 0.000000221. The average molecular weight is 274 g/mol. The fraction of sp³-hybridized carbons (Fsp3) is 0.353. The smallest absolute Gasteiger partial charge is 0.305 e. The molecule has 0 amide bonds. The fourth-order valence-electron chi connectivity index (χ4n) is 1.69. The lowest BCUT2D eigenvalue weighted by atomic mass is 10.1. The van der Waals surface area contributed by atoms with Crippen LogP contribution in [-0.4, -0.2) is 19.7 Å². The number of benzene rings is 2. The molecule has 0 fully saturated rings. The minimum atomic E-state index is -0.105. The second kappa shape index (κ2) is 8.97. The molecule has 3 heteroatoms. The van der Waals surface area contributed by atoms with Crippen molar-refractivity contribution < 1.29 is 14.3 Å². The van der Waals surface area contributed by atoms with Gasteiger partial charge < -0.3 is 9.47 Å². The van der Waals surface area contributed by atoms with Crippen molar-refractivity contribution in [2.75, 3.05) is 13.7 Å². The largest absolute Gasteiger partial charge is 0.496 e. The van der Waals surface area contributed by atoms with Crippen LogP contribution in [0.15, 0.2) is 42.5 Å². The van der Waals surface area contributed by atoms with E-state index >= 15 is 0 Å². The van der Waals surface area contributed by atoms with E-state index in [-0.39, 0.29) is 5.97 Å². The monoisotopic (exact) mass is 274 g/mol. The van der Waals surface area contributed by atoms with Crippen molar-refractivity contribution in [3.63, 3.8) is 0 Å². The molecule has 0 radical (unpaired) electrons. The molecule has 0 bridgehead atoms. The van der Waals surface area contributed by atoms with Gasteiger partial charge in [-0.15, -0.1) is 0 Å². The molecule has 0 aliphatic carbocycles. The van der Waals surface area contributed by atoms with Crippen LogP contribution in [0.25, 0.3) is 10.8 Å². The summed E-state index contributed by atoms with van der Waals surface area (Å²) in [6.07, 6.45) is 1.39. The SMILES string of the molecule is CCCOC(=O)CC.COc1cccc2ccccc12. The van der Waals surface area contributed by atoms with E-state index in [9.17, 15) is 4.79 Å². The van der Waals surface area contributed by atoms with Gasteiger partial charge >= 0.3 is 5.97 Å². The molecule has 0 N–H and O–H groups in total. The number of ether oxygens (including phenoxy) is 2. The summed E-state index contributed by atoms with van der Waals surface area (Å²) in [6, 6.07) is 14.2. The molecule has 0 heterocycles. The molecule has 2 aromatic carbocycles. The van der Waals surface area contributed by atoms with Gasteiger partial charge in [0.1, 0.15) is 5.75 Å². The van der Waals surface area contributed by atoms with Crippen LogP contribution >= 0.6 is 0 Å². The number of rotatable bonds is 4. The first-order valence-corrected chi connectivity index (χ1v) is 6.90. The molecular formula is C17H22O3. The van der Waals surface area contributed by atoms with Crippen LogP contribution in [0.1, 0.15) is 26.7 Å². The van der Waals surface area contributed by atoms with Crippen LogP contribution in [0.3, 0.4) is 0 Å². The number of methoxy groups -OCH3 is 1. The van der Waals surface area contributed by atoms with Crippen LogP contribution in [0.5, 0.6) is 5.75 Å². The fourth-order valence-corrected chi connectivity index (χ4v) is 1.69. The number of hydrogen-bond donors (Lipinski definition) is 0. The number of carbonyl (C=O) groups excluding carboxylic acids is 1. The lowest BCUT2D eigenvalue weighted by Gasteiger charge is -2.03. The van der Waals surface area contributed by atoms with Crippen molar-refractivity contribution in [1.29, 1.82) is 0 Å². The van der Waals surface area contributed by atoms with E-state index in [0.717, 1.165) is 12.2 Å². The molecule has 108 valence electrons. The molecule has 0 unspecified atom stereocenters. The normalized spacial score (nSPS) is 9.55. The van der Waals surface area contributed by atoms with Crippen LogP contribution in [0.4, 0.5) is 0 Å². The predicted octanol–water partition coefficient (Wildman–Crippen LogP) is 4.20. The van der Waals surface area contributed by atoms with E-state index in [1.165, 1.54) is 10.8 Å². The molecule has 0 aliphatic rings. The Morgan fingerprint density at radius 1 is 1.05 bits per heavy atom. The summed E-state index contributed by atoms with van der Waals surface area (Å²) in [6.45, 7) is 4.33. The van der Waals surface area contributed by atoms with Gasteiger partial charge in [-0.1, -0.05) is 50.2 Å². The van der Waals surface area contributed by atoms with Crippen molar-refractivity contribution in [3.05, 3.63) is 42.5 Å². The number of hydrogen-bond acceptors (Lipinski definition) is 3. The highest BCUT2D eigenvalue weighted by atomic mass is 16.5. The van der Waals surface area contributed by atoms with Crippen molar-refractivity contribution in [3.8, 4) is 5.75 Å². The molecule has 2 rings (SSSR count). The Bertz CT molecular complexity index is 529. The third kappa shape index (κ3) is 4.92. The highest BCUT2D eigenvalue weighted by molar-refractivity contribution is 5.88. The van der Waals surface area contributed by atoms with Gasteiger partial charge in [0, 0.05) is 11.8 Å². The minimum Gasteiger partial charge on any atom is -0.496 e. The van der Waals surface area contributed by atoms with Crippen molar-refractivity contribution in [2.45, 2.75) is 26.7 Å². The third-order valence-electron chi connectivity index (χ3n) is 2.73. The zero-order valence-electron chi connectivity index (χ0n) is 12.4. The van der Waals surface area contributed by atoms with Crippen LogP contribution in [0.2, 0.25) is 0 Å². The lowest BCUT2D eigenvalue weighted by molar-refractivity contribution is -0.143. The third-order valence-corrected chi connectivity index (χ3v) is 2.73. The van der Waals surface area contributed by atoms with Gasteiger partial charge in [0.15, 0.2) is 0 Å². The van der Waals surface area contributed by atoms with Gasteiger partial charge in [-0.25, -0.2) is 0 Å². The quantitative estimate of drug-likeness (QED) is 0.784. The first-order valence-electron chi connectivity index (χ1n) is 6.90. The predicted molar refractivity (Wildman–Crippen MR) is 82.0 cm³/mol. The van der Waals surface area contributed by atoms with Gasteiger partial charge in [0.2, 0.25) is 0 Å².